The standard InChI is InChI=1S/C28H26ClN3O4/c1-5-31(21-8-6-7-17(2)15-21)26(33)19-10-12-20(13-11-19)30-25-24(29)27(34)32(28(25)35)22-16-18(3)9-14-23(22)36-4/h6-16,30H,5H2,1-4H3. The molecular weight excluding hydrogens is 478 g/mol. The van der Waals surface area contributed by atoms with Crippen LogP contribution in [0.3, 0.4) is 0 Å². The van der Waals surface area contributed by atoms with Crippen LogP contribution in [0.5, 0.6) is 5.75 Å². The lowest BCUT2D eigenvalue weighted by Gasteiger charge is -2.22. The van der Waals surface area contributed by atoms with E-state index in [0.29, 0.717) is 29.2 Å². The van der Waals surface area contributed by atoms with Gasteiger partial charge >= 0.3 is 0 Å². The third kappa shape index (κ3) is 4.70. The summed E-state index contributed by atoms with van der Waals surface area (Å²) in [6.45, 7) is 6.26. The van der Waals surface area contributed by atoms with Gasteiger partial charge in [-0.05, 0) is 80.4 Å². The monoisotopic (exact) mass is 503 g/mol. The number of imide groups is 1. The summed E-state index contributed by atoms with van der Waals surface area (Å²) in [6, 6.07) is 19.6. The van der Waals surface area contributed by atoms with Crippen LogP contribution in [0.2, 0.25) is 0 Å². The maximum atomic E-state index is 13.2. The molecule has 184 valence electrons. The van der Waals surface area contributed by atoms with Crippen molar-refractivity contribution in [3.8, 4) is 5.75 Å². The van der Waals surface area contributed by atoms with Gasteiger partial charge in [0.1, 0.15) is 16.5 Å². The second-order valence-corrected chi connectivity index (χ2v) is 8.78. The van der Waals surface area contributed by atoms with E-state index in [9.17, 15) is 14.4 Å². The Morgan fingerprint density at radius 3 is 2.31 bits per heavy atom. The lowest BCUT2D eigenvalue weighted by molar-refractivity contribution is -0.120. The zero-order valence-electron chi connectivity index (χ0n) is 20.5. The van der Waals surface area contributed by atoms with E-state index >= 15 is 0 Å². The molecule has 0 spiro atoms. The fraction of sp³-hybridized carbons (Fsp3) is 0.179. The Balaban J connectivity index is 1.55. The number of nitrogens with zero attached hydrogens (tertiary/aromatic N) is 2. The smallest absolute Gasteiger partial charge is 0.283 e. The number of halogens is 1. The van der Waals surface area contributed by atoms with Crippen molar-refractivity contribution in [2.45, 2.75) is 20.8 Å². The van der Waals surface area contributed by atoms with Crippen LogP contribution in [0.25, 0.3) is 0 Å². The minimum Gasteiger partial charge on any atom is -0.495 e. The van der Waals surface area contributed by atoms with Crippen molar-refractivity contribution in [3.63, 3.8) is 0 Å². The first kappa shape index (κ1) is 25.0. The fourth-order valence-electron chi connectivity index (χ4n) is 4.04. The third-order valence-electron chi connectivity index (χ3n) is 5.88. The van der Waals surface area contributed by atoms with Crippen molar-refractivity contribution in [1.29, 1.82) is 0 Å². The van der Waals surface area contributed by atoms with Crippen molar-refractivity contribution in [3.05, 3.63) is 94.1 Å². The molecule has 0 fully saturated rings. The van der Waals surface area contributed by atoms with E-state index in [0.717, 1.165) is 21.7 Å². The number of nitrogens with one attached hydrogen (secondary N) is 1. The van der Waals surface area contributed by atoms with Crippen molar-refractivity contribution >= 4 is 46.4 Å². The van der Waals surface area contributed by atoms with Gasteiger partial charge in [-0.25, -0.2) is 4.90 Å². The molecule has 0 atom stereocenters. The Morgan fingerprint density at radius 2 is 1.67 bits per heavy atom. The summed E-state index contributed by atoms with van der Waals surface area (Å²) in [5.41, 5.74) is 4.02. The molecule has 1 aliphatic rings. The summed E-state index contributed by atoms with van der Waals surface area (Å²) in [7, 11) is 1.47. The summed E-state index contributed by atoms with van der Waals surface area (Å²) < 4.78 is 5.34. The van der Waals surface area contributed by atoms with Crippen molar-refractivity contribution in [1.82, 2.24) is 0 Å². The number of amides is 3. The van der Waals surface area contributed by atoms with Crippen molar-refractivity contribution in [2.75, 3.05) is 28.8 Å². The molecule has 3 aromatic rings. The minimum absolute atomic E-state index is 0.0424. The van der Waals surface area contributed by atoms with Gasteiger partial charge in [-0.3, -0.25) is 14.4 Å². The molecule has 36 heavy (non-hydrogen) atoms. The first-order chi connectivity index (χ1) is 17.2. The maximum Gasteiger partial charge on any atom is 0.283 e. The Kier molecular flexibility index (Phi) is 7.12. The lowest BCUT2D eigenvalue weighted by Crippen LogP contribution is -2.32. The predicted molar refractivity (Wildman–Crippen MR) is 142 cm³/mol. The van der Waals surface area contributed by atoms with E-state index in [1.54, 1.807) is 41.3 Å². The number of hydrogen-bond donors (Lipinski definition) is 1. The molecule has 3 amide bonds. The summed E-state index contributed by atoms with van der Waals surface area (Å²) in [5.74, 6) is -0.996. The number of carbonyl (C=O) groups excluding carboxylic acids is 3. The molecule has 0 radical (unpaired) electrons. The van der Waals surface area contributed by atoms with Crippen LogP contribution in [-0.2, 0) is 9.59 Å². The number of anilines is 3. The Morgan fingerprint density at radius 1 is 0.972 bits per heavy atom. The van der Waals surface area contributed by atoms with E-state index in [1.165, 1.54) is 7.11 Å². The normalized spacial score (nSPS) is 13.3. The molecule has 7 nitrogen and oxygen atoms in total. The van der Waals surface area contributed by atoms with Gasteiger partial charge in [-0.1, -0.05) is 29.8 Å². The highest BCUT2D eigenvalue weighted by atomic mass is 35.5. The van der Waals surface area contributed by atoms with Gasteiger partial charge in [0.2, 0.25) is 0 Å². The quantitative estimate of drug-likeness (QED) is 0.436. The highest BCUT2D eigenvalue weighted by Gasteiger charge is 2.40. The largest absolute Gasteiger partial charge is 0.495 e. The molecule has 1 heterocycles. The molecule has 3 aromatic carbocycles. The van der Waals surface area contributed by atoms with E-state index in [2.05, 4.69) is 5.32 Å². The zero-order valence-corrected chi connectivity index (χ0v) is 21.2. The molecule has 0 saturated carbocycles. The highest BCUT2D eigenvalue weighted by molar-refractivity contribution is 6.53. The van der Waals surface area contributed by atoms with Crippen molar-refractivity contribution in [2.24, 2.45) is 0 Å². The average Bonchev–Trinajstić information content (AvgIpc) is 3.07. The SMILES string of the molecule is CCN(C(=O)c1ccc(NC2=C(Cl)C(=O)N(c3cc(C)ccc3OC)C2=O)cc1)c1cccc(C)c1. The van der Waals surface area contributed by atoms with Crippen LogP contribution in [0.4, 0.5) is 17.1 Å². The van der Waals surface area contributed by atoms with Gasteiger partial charge < -0.3 is 15.0 Å². The van der Waals surface area contributed by atoms with Crippen LogP contribution in [-0.4, -0.2) is 31.4 Å². The second-order valence-electron chi connectivity index (χ2n) is 8.40. The van der Waals surface area contributed by atoms with E-state index in [-0.39, 0.29) is 16.6 Å². The van der Waals surface area contributed by atoms with Gasteiger partial charge in [-0.15, -0.1) is 0 Å². The van der Waals surface area contributed by atoms with Gasteiger partial charge in [0, 0.05) is 23.5 Å². The Bertz CT molecular complexity index is 1380. The lowest BCUT2D eigenvalue weighted by atomic mass is 10.1. The van der Waals surface area contributed by atoms with Crippen LogP contribution in [0.15, 0.2) is 77.5 Å². The number of methoxy groups -OCH3 is 1. The summed E-state index contributed by atoms with van der Waals surface area (Å²) in [6.07, 6.45) is 0. The molecule has 0 saturated heterocycles. The molecule has 1 aliphatic heterocycles. The van der Waals surface area contributed by atoms with Gasteiger partial charge in [0.05, 0.1) is 12.8 Å². The van der Waals surface area contributed by atoms with E-state index < -0.39 is 11.8 Å². The minimum atomic E-state index is -0.642. The first-order valence-electron chi connectivity index (χ1n) is 11.4. The molecule has 0 bridgehead atoms. The van der Waals surface area contributed by atoms with Crippen LogP contribution in [0, 0.1) is 13.8 Å². The fourth-order valence-corrected chi connectivity index (χ4v) is 4.25. The van der Waals surface area contributed by atoms with Crippen molar-refractivity contribution < 1.29 is 19.1 Å². The Labute approximate surface area is 214 Å². The number of rotatable bonds is 7. The molecule has 0 unspecified atom stereocenters. The highest BCUT2D eigenvalue weighted by Crippen LogP contribution is 2.36. The van der Waals surface area contributed by atoms with Gasteiger partial charge in [0.15, 0.2) is 0 Å². The van der Waals surface area contributed by atoms with Crippen LogP contribution < -0.4 is 19.9 Å². The zero-order chi connectivity index (χ0) is 26.0. The summed E-state index contributed by atoms with van der Waals surface area (Å²) in [5, 5.41) is 2.72. The van der Waals surface area contributed by atoms with Crippen LogP contribution >= 0.6 is 11.6 Å². The van der Waals surface area contributed by atoms with Gasteiger partial charge in [0.25, 0.3) is 17.7 Å². The van der Waals surface area contributed by atoms with E-state index in [4.69, 9.17) is 16.3 Å². The number of ether oxygens (including phenoxy) is 1. The average molecular weight is 504 g/mol. The molecule has 8 heteroatoms. The first-order valence-corrected chi connectivity index (χ1v) is 11.8. The summed E-state index contributed by atoms with van der Waals surface area (Å²) in [4.78, 5) is 41.9. The number of benzene rings is 3. The molecule has 1 N–H and O–H groups in total. The molecule has 4 rings (SSSR count). The predicted octanol–water partition coefficient (Wildman–Crippen LogP) is 5.41. The number of carbonyl (C=O) groups is 3. The third-order valence-corrected chi connectivity index (χ3v) is 6.23. The summed E-state index contributed by atoms with van der Waals surface area (Å²) >= 11 is 6.28. The molecular formula is C28H26ClN3O4. The second kappa shape index (κ2) is 10.3. The van der Waals surface area contributed by atoms with E-state index in [1.807, 2.05) is 51.1 Å². The molecule has 0 aliphatic carbocycles. The van der Waals surface area contributed by atoms with Crippen LogP contribution in [0.1, 0.15) is 28.4 Å². The molecule has 0 aromatic heterocycles. The maximum absolute atomic E-state index is 13.2. The topological polar surface area (TPSA) is 79.0 Å². The number of hydrogen-bond acceptors (Lipinski definition) is 5. The number of aryl methyl sites for hydroxylation is 2. The Hall–Kier alpha value is -4.10. The van der Waals surface area contributed by atoms with Gasteiger partial charge in [-0.2, -0.15) is 0 Å².